The van der Waals surface area contributed by atoms with Gasteiger partial charge in [-0.25, -0.2) is 4.39 Å². The number of carbonyl (C=O) groups excluding carboxylic acids is 2. The summed E-state index contributed by atoms with van der Waals surface area (Å²) in [5, 5.41) is 9.78. The number of ketones is 1. The minimum atomic E-state index is -0.389. The van der Waals surface area contributed by atoms with Gasteiger partial charge in [0.25, 0.3) is 0 Å². The van der Waals surface area contributed by atoms with Gasteiger partial charge in [0.1, 0.15) is 5.82 Å². The molecule has 0 saturated heterocycles. The van der Waals surface area contributed by atoms with Gasteiger partial charge in [0.15, 0.2) is 10.1 Å². The van der Waals surface area contributed by atoms with Crippen LogP contribution in [-0.2, 0) is 15.3 Å². The van der Waals surface area contributed by atoms with E-state index in [2.05, 4.69) is 10.2 Å². The van der Waals surface area contributed by atoms with Crippen molar-refractivity contribution in [2.45, 2.75) is 49.1 Å². The first kappa shape index (κ1) is 24.2. The highest BCUT2D eigenvalue weighted by atomic mass is 35.5. The van der Waals surface area contributed by atoms with Gasteiger partial charge in [-0.1, -0.05) is 78.9 Å². The van der Waals surface area contributed by atoms with Gasteiger partial charge >= 0.3 is 0 Å². The number of aromatic nitrogens is 2. The summed E-state index contributed by atoms with van der Waals surface area (Å²) in [6.45, 7) is 4.06. The lowest BCUT2D eigenvalue weighted by molar-refractivity contribution is -0.121. The van der Waals surface area contributed by atoms with Gasteiger partial charge in [-0.05, 0) is 41.2 Å². The first-order valence-electron chi connectivity index (χ1n) is 11.3. The van der Waals surface area contributed by atoms with Crippen molar-refractivity contribution >= 4 is 51.5 Å². The number of rotatable bonds is 5. The van der Waals surface area contributed by atoms with Crippen LogP contribution in [0, 0.1) is 11.2 Å². The van der Waals surface area contributed by atoms with E-state index < -0.39 is 0 Å². The Hall–Kier alpha value is -2.55. The third-order valence-electron chi connectivity index (χ3n) is 6.31. The third kappa shape index (κ3) is 4.92. The summed E-state index contributed by atoms with van der Waals surface area (Å²) >= 11 is 9.11. The number of thioether (sulfide) groups is 1. The number of allylic oxidation sites excluding steroid dienone is 2. The molecule has 0 spiro atoms. The van der Waals surface area contributed by atoms with Crippen LogP contribution < -0.4 is 4.90 Å². The van der Waals surface area contributed by atoms with Crippen molar-refractivity contribution in [1.82, 2.24) is 10.2 Å². The van der Waals surface area contributed by atoms with E-state index in [1.165, 1.54) is 35.2 Å². The van der Waals surface area contributed by atoms with Gasteiger partial charge in [-0.3, -0.25) is 14.5 Å². The topological polar surface area (TPSA) is 63.2 Å². The van der Waals surface area contributed by atoms with Gasteiger partial charge in [0.2, 0.25) is 11.0 Å². The predicted octanol–water partition coefficient (Wildman–Crippen LogP) is 6.79. The number of carbonyl (C=O) groups is 2. The third-order valence-corrected chi connectivity index (χ3v) is 8.77. The SMILES string of the molecule is CC1(C)CC(=O)C2=C(C1)N(c1nnc(SCc3ccccc3Cl)s1)C(=O)C[C@@H]2c1ccc(F)cc1. The number of hydrogen-bond acceptors (Lipinski definition) is 6. The van der Waals surface area contributed by atoms with E-state index in [0.717, 1.165) is 15.5 Å². The second-order valence-electron chi connectivity index (χ2n) is 9.57. The fraction of sp³-hybridized carbons (Fsp3) is 0.308. The molecule has 1 aromatic heterocycles. The lowest BCUT2D eigenvalue weighted by Gasteiger charge is -2.41. The Bertz CT molecular complexity index is 1340. The number of benzene rings is 2. The van der Waals surface area contributed by atoms with E-state index in [4.69, 9.17) is 11.6 Å². The summed E-state index contributed by atoms with van der Waals surface area (Å²) in [4.78, 5) is 28.4. The molecule has 0 saturated carbocycles. The molecule has 35 heavy (non-hydrogen) atoms. The molecule has 9 heteroatoms. The van der Waals surface area contributed by atoms with E-state index in [0.29, 0.717) is 40.0 Å². The normalized spacial score (nSPS) is 19.8. The number of hydrogen-bond donors (Lipinski definition) is 0. The molecule has 2 aromatic carbocycles. The molecule has 1 aliphatic heterocycles. The minimum absolute atomic E-state index is 0.0286. The highest BCUT2D eigenvalue weighted by molar-refractivity contribution is 8.00. The van der Waals surface area contributed by atoms with Crippen LogP contribution in [0.15, 0.2) is 64.1 Å². The van der Waals surface area contributed by atoms with Crippen molar-refractivity contribution in [3.05, 3.63) is 81.8 Å². The molecule has 180 valence electrons. The monoisotopic (exact) mass is 527 g/mol. The molecule has 5 nitrogen and oxygen atoms in total. The maximum absolute atomic E-state index is 13.5. The zero-order chi connectivity index (χ0) is 24.7. The average Bonchev–Trinajstić information content (AvgIpc) is 3.26. The second kappa shape index (κ2) is 9.48. The van der Waals surface area contributed by atoms with Gasteiger partial charge < -0.3 is 0 Å². The van der Waals surface area contributed by atoms with Crippen LogP contribution in [0.25, 0.3) is 0 Å². The van der Waals surface area contributed by atoms with Gasteiger partial charge in [0.05, 0.1) is 0 Å². The highest BCUT2D eigenvalue weighted by Gasteiger charge is 2.45. The molecule has 0 fully saturated rings. The van der Waals surface area contributed by atoms with Crippen molar-refractivity contribution < 1.29 is 14.0 Å². The average molecular weight is 528 g/mol. The molecule has 2 heterocycles. The number of amides is 1. The standard InChI is InChI=1S/C26H23ClFN3O2S2/c1-26(2)12-20-23(21(32)13-26)18(15-7-9-17(28)10-8-15)11-22(33)31(20)24-29-30-25(35-24)34-14-16-5-3-4-6-19(16)27/h3-10,18H,11-14H2,1-2H3/t18-/m1/s1. The van der Waals surface area contributed by atoms with E-state index in [9.17, 15) is 14.0 Å². The molecular weight excluding hydrogens is 505 g/mol. The van der Waals surface area contributed by atoms with Crippen LogP contribution in [0.3, 0.4) is 0 Å². The number of nitrogens with zero attached hydrogens (tertiary/aromatic N) is 3. The van der Waals surface area contributed by atoms with Crippen LogP contribution in [0.1, 0.15) is 50.2 Å². The van der Waals surface area contributed by atoms with Gasteiger partial charge in [-0.2, -0.15) is 0 Å². The van der Waals surface area contributed by atoms with Crippen molar-refractivity contribution in [2.24, 2.45) is 5.41 Å². The number of halogens is 2. The summed E-state index contributed by atoms with van der Waals surface area (Å²) < 4.78 is 14.3. The molecule has 0 unspecified atom stereocenters. The fourth-order valence-electron chi connectivity index (χ4n) is 4.72. The quantitative estimate of drug-likeness (QED) is 0.270. The molecular formula is C26H23ClFN3O2S2. The van der Waals surface area contributed by atoms with Gasteiger partial charge in [-0.15, -0.1) is 10.2 Å². The molecule has 1 aliphatic carbocycles. The maximum Gasteiger partial charge on any atom is 0.234 e. The Morgan fingerprint density at radius 1 is 1.11 bits per heavy atom. The van der Waals surface area contributed by atoms with Crippen molar-refractivity contribution in [2.75, 3.05) is 4.90 Å². The lowest BCUT2D eigenvalue weighted by atomic mass is 9.69. The molecule has 5 rings (SSSR count). The summed E-state index contributed by atoms with van der Waals surface area (Å²) in [5.74, 6) is -0.212. The molecule has 0 bridgehead atoms. The Kier molecular flexibility index (Phi) is 6.55. The first-order chi connectivity index (χ1) is 16.7. The zero-order valence-corrected chi connectivity index (χ0v) is 21.6. The molecule has 3 aromatic rings. The molecule has 0 radical (unpaired) electrons. The first-order valence-corrected chi connectivity index (χ1v) is 13.4. The Balaban J connectivity index is 1.49. The van der Waals surface area contributed by atoms with Gasteiger partial charge in [0, 0.05) is 40.8 Å². The predicted molar refractivity (Wildman–Crippen MR) is 137 cm³/mol. The number of anilines is 1. The molecule has 1 amide bonds. The zero-order valence-electron chi connectivity index (χ0n) is 19.3. The molecule has 1 atom stereocenters. The number of Topliss-reactive ketones (excluding diaryl/α,β-unsaturated/α-hetero) is 1. The van der Waals surface area contributed by atoms with Crippen LogP contribution in [0.5, 0.6) is 0 Å². The summed E-state index contributed by atoms with van der Waals surface area (Å²) in [7, 11) is 0. The highest BCUT2D eigenvalue weighted by Crippen LogP contribution is 2.48. The van der Waals surface area contributed by atoms with Crippen LogP contribution >= 0.6 is 34.7 Å². The lowest BCUT2D eigenvalue weighted by Crippen LogP contribution is -2.43. The van der Waals surface area contributed by atoms with E-state index in [-0.39, 0.29) is 35.3 Å². The van der Waals surface area contributed by atoms with Crippen molar-refractivity contribution in [3.63, 3.8) is 0 Å². The van der Waals surface area contributed by atoms with E-state index in [1.54, 1.807) is 17.0 Å². The van der Waals surface area contributed by atoms with E-state index >= 15 is 0 Å². The summed E-state index contributed by atoms with van der Waals surface area (Å²) in [5.41, 5.74) is 2.81. The van der Waals surface area contributed by atoms with Crippen molar-refractivity contribution in [3.8, 4) is 0 Å². The van der Waals surface area contributed by atoms with Crippen molar-refractivity contribution in [1.29, 1.82) is 0 Å². The Morgan fingerprint density at radius 2 is 1.86 bits per heavy atom. The van der Waals surface area contributed by atoms with E-state index in [1.807, 2.05) is 38.1 Å². The largest absolute Gasteiger partial charge is 0.294 e. The molecule has 2 aliphatic rings. The second-order valence-corrected chi connectivity index (χ2v) is 12.2. The summed E-state index contributed by atoms with van der Waals surface area (Å²) in [6.07, 6.45) is 1.10. The summed E-state index contributed by atoms with van der Waals surface area (Å²) in [6, 6.07) is 13.7. The molecule has 0 N–H and O–H groups in total. The van der Waals surface area contributed by atoms with Crippen LogP contribution in [0.2, 0.25) is 5.02 Å². The minimum Gasteiger partial charge on any atom is -0.294 e. The smallest absolute Gasteiger partial charge is 0.234 e. The Morgan fingerprint density at radius 3 is 2.60 bits per heavy atom. The fourth-order valence-corrected chi connectivity index (χ4v) is 6.89. The van der Waals surface area contributed by atoms with Crippen LogP contribution in [0.4, 0.5) is 9.52 Å². The Labute approximate surface area is 216 Å². The van der Waals surface area contributed by atoms with Crippen LogP contribution in [-0.4, -0.2) is 21.9 Å². The maximum atomic E-state index is 13.5.